The predicted molar refractivity (Wildman–Crippen MR) is 220 cm³/mol. The molecule has 0 spiro atoms. The van der Waals surface area contributed by atoms with E-state index in [1.807, 2.05) is 53.7 Å². The van der Waals surface area contributed by atoms with Crippen LogP contribution in [0.4, 0.5) is 22.7 Å². The lowest BCUT2D eigenvalue weighted by Crippen LogP contribution is -2.71. The molecule has 0 aromatic heterocycles. The van der Waals surface area contributed by atoms with E-state index < -0.39 is 0 Å². The normalized spacial score (nSPS) is 13.8. The maximum atomic E-state index is 6.09. The fraction of sp³-hybridized carbons (Fsp3) is 0.378. The Morgan fingerprint density at radius 1 is 0.959 bits per heavy atom. The maximum absolute atomic E-state index is 6.09. The van der Waals surface area contributed by atoms with Crippen molar-refractivity contribution in [3.63, 3.8) is 0 Å². The Bertz CT molecular complexity index is 1610. The lowest BCUT2D eigenvalue weighted by molar-refractivity contribution is -0.477. The van der Waals surface area contributed by atoms with E-state index in [0.29, 0.717) is 11.8 Å². The smallest absolute Gasteiger partial charge is 0.162 e. The van der Waals surface area contributed by atoms with Gasteiger partial charge >= 0.3 is 0 Å². The highest BCUT2D eigenvalue weighted by molar-refractivity contribution is 6.02. The molecule has 4 N–H and O–H groups in total. The van der Waals surface area contributed by atoms with Gasteiger partial charge in [-0.2, -0.15) is 0 Å². The first kappa shape index (κ1) is 42.7. The molecule has 264 valence electrons. The van der Waals surface area contributed by atoms with Crippen molar-refractivity contribution in [2.24, 2.45) is 21.6 Å². The van der Waals surface area contributed by atoms with Crippen LogP contribution in [0.15, 0.2) is 119 Å². The lowest BCUT2D eigenvalue weighted by atomic mass is 9.84. The van der Waals surface area contributed by atoms with Gasteiger partial charge in [0.05, 0.1) is 5.69 Å². The first-order chi connectivity index (χ1) is 23.3. The number of hydrogen-bond donors (Lipinski definition) is 2. The van der Waals surface area contributed by atoms with Crippen molar-refractivity contribution in [2.75, 3.05) is 0 Å². The molecule has 3 aromatic rings. The van der Waals surface area contributed by atoms with Gasteiger partial charge in [0.2, 0.25) is 0 Å². The third-order valence-electron chi connectivity index (χ3n) is 7.90. The van der Waals surface area contributed by atoms with E-state index in [9.17, 15) is 0 Å². The number of aryl methyl sites for hydroxylation is 2. The van der Waals surface area contributed by atoms with E-state index >= 15 is 0 Å². The molecule has 0 bridgehead atoms. The van der Waals surface area contributed by atoms with Gasteiger partial charge in [0, 0.05) is 29.6 Å². The predicted octanol–water partition coefficient (Wildman–Crippen LogP) is 12.4. The molecule has 1 aliphatic carbocycles. The molecule has 1 atom stereocenters. The van der Waals surface area contributed by atoms with E-state index in [4.69, 9.17) is 15.7 Å². The number of hydrogen-bond acceptors (Lipinski definition) is 3. The molecule has 0 amide bonds. The zero-order valence-electron chi connectivity index (χ0n) is 32.7. The molecular formula is C45H65N4+. The molecule has 49 heavy (non-hydrogen) atoms. The van der Waals surface area contributed by atoms with Crippen molar-refractivity contribution in [1.82, 2.24) is 0 Å². The van der Waals surface area contributed by atoms with Gasteiger partial charge in [-0.25, -0.2) is 4.99 Å². The minimum Gasteiger partial charge on any atom is -0.399 e. The van der Waals surface area contributed by atoms with E-state index in [1.54, 1.807) is 6.08 Å². The van der Waals surface area contributed by atoms with E-state index in [2.05, 4.69) is 121 Å². The Balaban J connectivity index is 0.00000120. The Kier molecular flexibility index (Phi) is 19.5. The van der Waals surface area contributed by atoms with Crippen LogP contribution in [0, 0.1) is 12.8 Å². The van der Waals surface area contributed by atoms with Crippen molar-refractivity contribution in [1.29, 1.82) is 0 Å². The van der Waals surface area contributed by atoms with Gasteiger partial charge in [-0.3, -0.25) is 10.3 Å². The summed E-state index contributed by atoms with van der Waals surface area (Å²) in [5, 5.41) is 2.20. The molecule has 4 heteroatoms. The van der Waals surface area contributed by atoms with E-state index in [1.165, 1.54) is 22.3 Å². The summed E-state index contributed by atoms with van der Waals surface area (Å²) in [4.78, 5) is 10.3. The fourth-order valence-corrected chi connectivity index (χ4v) is 5.44. The minimum absolute atomic E-state index is 0.549. The standard InChI is InChI=1S/C36H44N4.C4H8.C3H6.C2H6/c1-8-27-19-28(21-29(20-27)32(9-2)23(3)4)26(7)38-34-22-36(39-30-13-11-10-12-14-30)35(18-25(34)6)40-31-15-16-33(37)24(5)17-31;1-4(2)3;1-3-2;1-2/h10-14,16-23,32,39H,8-9,15,37H2,1-7H3;1H2,2-3H3;3H,1H2,2H3;1-2H3/p+1. The molecule has 0 aliphatic heterocycles. The van der Waals surface area contributed by atoms with Crippen LogP contribution in [0.5, 0.6) is 0 Å². The number of nitrogens with zero attached hydrogens (tertiary/aromatic N) is 2. The van der Waals surface area contributed by atoms with Gasteiger partial charge in [0.15, 0.2) is 5.69 Å². The molecular weight excluding hydrogens is 597 g/mol. The first-order valence-corrected chi connectivity index (χ1v) is 18.0. The highest BCUT2D eigenvalue weighted by Crippen LogP contribution is 2.34. The molecule has 0 saturated carbocycles. The van der Waals surface area contributed by atoms with Crippen LogP contribution < -0.4 is 11.1 Å². The Morgan fingerprint density at radius 2 is 1.57 bits per heavy atom. The van der Waals surface area contributed by atoms with Gasteiger partial charge in [-0.15, -0.1) is 13.2 Å². The summed E-state index contributed by atoms with van der Waals surface area (Å²) in [6.45, 7) is 32.2. The number of aliphatic imine (C=N–C) groups is 2. The fourth-order valence-electron chi connectivity index (χ4n) is 5.44. The summed E-state index contributed by atoms with van der Waals surface area (Å²) in [7, 11) is 0. The van der Waals surface area contributed by atoms with E-state index in [0.717, 1.165) is 70.3 Å². The molecule has 1 unspecified atom stereocenters. The van der Waals surface area contributed by atoms with Gasteiger partial charge in [0.1, 0.15) is 11.4 Å². The number of rotatable bonds is 9. The number of quaternary nitrogens is 1. The highest BCUT2D eigenvalue weighted by atomic mass is 14.9. The number of allylic oxidation sites excluding steroid dienone is 5. The second kappa shape index (κ2) is 22.4. The van der Waals surface area contributed by atoms with E-state index in [-0.39, 0.29) is 0 Å². The minimum atomic E-state index is 0.549. The van der Waals surface area contributed by atoms with Crippen molar-refractivity contribution in [3.8, 4) is 0 Å². The molecule has 4 rings (SSSR count). The lowest BCUT2D eigenvalue weighted by Gasteiger charge is -2.21. The molecule has 1 aliphatic rings. The average Bonchev–Trinajstić information content (AvgIpc) is 3.06. The second-order valence-corrected chi connectivity index (χ2v) is 12.9. The monoisotopic (exact) mass is 662 g/mol. The molecule has 4 nitrogen and oxygen atoms in total. The Morgan fingerprint density at radius 3 is 2.10 bits per heavy atom. The SMILES string of the molecule is C=C(C)C.C=CC.CC.CCc1cc(C(C)=Nc2cc([NH2+]c3ccccc3)c(N=C3C=C(C)C(N)=CC3)cc2C)cc(C(CC)C(C)C)c1. The number of nitrogens with two attached hydrogens (primary N) is 2. The van der Waals surface area contributed by atoms with Gasteiger partial charge < -0.3 is 5.73 Å². The summed E-state index contributed by atoms with van der Waals surface area (Å²) in [5.74, 6) is 1.15. The number of benzene rings is 3. The van der Waals surface area contributed by atoms with Crippen LogP contribution in [0.2, 0.25) is 0 Å². The van der Waals surface area contributed by atoms with Crippen molar-refractivity contribution < 1.29 is 5.32 Å². The van der Waals surface area contributed by atoms with Crippen LogP contribution in [0.1, 0.15) is 117 Å². The maximum Gasteiger partial charge on any atom is 0.162 e. The summed E-state index contributed by atoms with van der Waals surface area (Å²) >= 11 is 0. The summed E-state index contributed by atoms with van der Waals surface area (Å²) < 4.78 is 0. The zero-order chi connectivity index (χ0) is 37.1. The highest BCUT2D eigenvalue weighted by Gasteiger charge is 2.17. The van der Waals surface area contributed by atoms with Crippen LogP contribution in [0.3, 0.4) is 0 Å². The van der Waals surface area contributed by atoms with Gasteiger partial charge in [-0.1, -0.05) is 83.5 Å². The molecule has 0 radical (unpaired) electrons. The van der Waals surface area contributed by atoms with Crippen LogP contribution >= 0.6 is 0 Å². The zero-order valence-corrected chi connectivity index (χ0v) is 32.7. The molecule has 0 saturated heterocycles. The van der Waals surface area contributed by atoms with Gasteiger partial charge in [-0.05, 0) is 130 Å². The Labute approximate surface area is 299 Å². The largest absolute Gasteiger partial charge is 0.399 e. The van der Waals surface area contributed by atoms with Crippen LogP contribution in [0.25, 0.3) is 0 Å². The quantitative estimate of drug-likeness (QED) is 0.134. The average molecular weight is 662 g/mol. The third kappa shape index (κ3) is 14.4. The topological polar surface area (TPSA) is 67.3 Å². The van der Waals surface area contributed by atoms with Gasteiger partial charge in [0.25, 0.3) is 0 Å². The molecule has 0 heterocycles. The van der Waals surface area contributed by atoms with Crippen molar-refractivity contribution in [3.05, 3.63) is 131 Å². The molecule has 0 fully saturated rings. The first-order valence-electron chi connectivity index (χ1n) is 18.0. The third-order valence-corrected chi connectivity index (χ3v) is 7.90. The summed E-state index contributed by atoms with van der Waals surface area (Å²) in [6.07, 6.45) is 8.77. The number of para-hydroxylation sites is 1. The summed E-state index contributed by atoms with van der Waals surface area (Å²) in [5.41, 5.74) is 20.4. The second-order valence-electron chi connectivity index (χ2n) is 12.9. The van der Waals surface area contributed by atoms with Crippen molar-refractivity contribution in [2.45, 2.75) is 108 Å². The van der Waals surface area contributed by atoms with Crippen molar-refractivity contribution >= 4 is 34.2 Å². The Hall–Kier alpha value is -4.28. The molecule has 3 aromatic carbocycles. The van der Waals surface area contributed by atoms with Crippen LogP contribution in [-0.2, 0) is 6.42 Å². The summed E-state index contributed by atoms with van der Waals surface area (Å²) in [6, 6.07) is 21.8. The van der Waals surface area contributed by atoms with Crippen LogP contribution in [-0.4, -0.2) is 11.4 Å².